The first-order chi connectivity index (χ1) is 11.4. The molecule has 1 N–H and O–H groups in total. The second-order valence-corrected chi connectivity index (χ2v) is 8.54. The molecule has 0 atom stereocenters. The minimum Gasteiger partial charge on any atom is -0.493 e. The summed E-state index contributed by atoms with van der Waals surface area (Å²) in [5, 5.41) is 10.7. The number of rotatable bonds is 2. The fourth-order valence-electron chi connectivity index (χ4n) is 3.28. The lowest BCUT2D eigenvalue weighted by Crippen LogP contribution is -2.30. The predicted molar refractivity (Wildman–Crippen MR) is 87.4 cm³/mol. The van der Waals surface area contributed by atoms with E-state index in [9.17, 15) is 13.5 Å². The van der Waals surface area contributed by atoms with Gasteiger partial charge >= 0.3 is 0 Å². The smallest absolute Gasteiger partial charge is 0.222 e. The molecule has 0 spiro atoms. The zero-order valence-electron chi connectivity index (χ0n) is 13.3. The zero-order chi connectivity index (χ0) is 16.9. The Morgan fingerprint density at radius 2 is 2.04 bits per heavy atom. The first-order valence-corrected chi connectivity index (χ1v) is 9.78. The third kappa shape index (κ3) is 2.64. The first-order valence-electron chi connectivity index (χ1n) is 7.96. The number of fused-ring (bicyclic) bond motifs is 3. The first kappa shape index (κ1) is 15.4. The molecule has 0 bridgehead atoms. The van der Waals surface area contributed by atoms with Gasteiger partial charge in [-0.05, 0) is 25.8 Å². The highest BCUT2D eigenvalue weighted by Gasteiger charge is 2.29. The van der Waals surface area contributed by atoms with E-state index in [0.29, 0.717) is 54.1 Å². The number of aryl methyl sites for hydroxylation is 1. The Labute approximate surface area is 139 Å². The monoisotopic (exact) mass is 350 g/mol. The van der Waals surface area contributed by atoms with Gasteiger partial charge in [-0.15, -0.1) is 0 Å². The lowest BCUT2D eigenvalue weighted by Gasteiger charge is -2.24. The van der Waals surface area contributed by atoms with Crippen LogP contribution in [0, 0.1) is 6.92 Å². The molecule has 2 aliphatic rings. The van der Waals surface area contributed by atoms with Crippen LogP contribution in [0.4, 0.5) is 0 Å². The molecule has 0 unspecified atom stereocenters. The van der Waals surface area contributed by atoms with E-state index in [-0.39, 0.29) is 23.5 Å². The average Bonchev–Trinajstić information content (AvgIpc) is 3.00. The molecule has 0 amide bonds. The molecule has 8 heteroatoms. The normalized spacial score (nSPS) is 19.9. The van der Waals surface area contributed by atoms with Crippen molar-refractivity contribution in [3.8, 4) is 17.4 Å². The number of hydrogen-bond acceptors (Lipinski definition) is 7. The summed E-state index contributed by atoms with van der Waals surface area (Å²) in [5.41, 5.74) is 1.60. The lowest BCUT2D eigenvalue weighted by molar-refractivity contribution is 0.181. The van der Waals surface area contributed by atoms with Gasteiger partial charge in [0.05, 0.1) is 29.0 Å². The fraction of sp³-hybridized carbons (Fsp3) is 0.500. The number of aromatic nitrogens is 2. The van der Waals surface area contributed by atoms with Crippen molar-refractivity contribution in [2.45, 2.75) is 32.3 Å². The Morgan fingerprint density at radius 1 is 1.29 bits per heavy atom. The van der Waals surface area contributed by atoms with Crippen LogP contribution in [0.15, 0.2) is 6.07 Å². The summed E-state index contributed by atoms with van der Waals surface area (Å²) in [4.78, 5) is 8.43. The molecule has 0 radical (unpaired) electrons. The summed E-state index contributed by atoms with van der Waals surface area (Å²) in [5.74, 6) is 1.88. The molecule has 2 aromatic rings. The summed E-state index contributed by atoms with van der Waals surface area (Å²) >= 11 is 0. The molecule has 7 nitrogen and oxygen atoms in total. The van der Waals surface area contributed by atoms with Gasteiger partial charge in [0.2, 0.25) is 5.88 Å². The highest BCUT2D eigenvalue weighted by molar-refractivity contribution is 7.91. The second kappa shape index (κ2) is 5.47. The fourth-order valence-corrected chi connectivity index (χ4v) is 4.73. The number of sulfone groups is 1. The van der Waals surface area contributed by atoms with Crippen molar-refractivity contribution in [2.75, 3.05) is 18.1 Å². The summed E-state index contributed by atoms with van der Waals surface area (Å²) in [6, 6.07) is 1.69. The molecule has 1 saturated heterocycles. The van der Waals surface area contributed by atoms with E-state index in [1.54, 1.807) is 13.0 Å². The van der Waals surface area contributed by atoms with E-state index >= 15 is 0 Å². The maximum atomic E-state index is 11.6. The number of ether oxygens (including phenoxy) is 2. The molecule has 128 valence electrons. The van der Waals surface area contributed by atoms with Gasteiger partial charge in [0.15, 0.2) is 21.3 Å². The van der Waals surface area contributed by atoms with E-state index in [4.69, 9.17) is 9.47 Å². The molecular weight excluding hydrogens is 332 g/mol. The SMILES string of the molecule is Cc1nc(O)c2cc(OC3CCS(=O)(=O)CC3)c3c(c2n1)CCO3. The summed E-state index contributed by atoms with van der Waals surface area (Å²) in [6.07, 6.45) is 1.45. The Hall–Kier alpha value is -2.09. The number of benzene rings is 1. The third-order valence-corrected chi connectivity index (χ3v) is 6.21. The molecule has 0 saturated carbocycles. The predicted octanol–water partition coefficient (Wildman–Crippen LogP) is 1.53. The van der Waals surface area contributed by atoms with Gasteiger partial charge in [-0.3, -0.25) is 0 Å². The van der Waals surface area contributed by atoms with Gasteiger partial charge in [-0.1, -0.05) is 0 Å². The number of nitrogens with zero attached hydrogens (tertiary/aromatic N) is 2. The average molecular weight is 350 g/mol. The van der Waals surface area contributed by atoms with Crippen LogP contribution < -0.4 is 9.47 Å². The van der Waals surface area contributed by atoms with Crippen molar-refractivity contribution in [1.29, 1.82) is 0 Å². The van der Waals surface area contributed by atoms with Crippen LogP contribution in [-0.4, -0.2) is 47.7 Å². The van der Waals surface area contributed by atoms with Crippen LogP contribution in [0.1, 0.15) is 24.2 Å². The Morgan fingerprint density at radius 3 is 2.79 bits per heavy atom. The molecule has 1 aromatic carbocycles. The molecule has 3 heterocycles. The van der Waals surface area contributed by atoms with Crippen LogP contribution in [0.3, 0.4) is 0 Å². The molecule has 24 heavy (non-hydrogen) atoms. The van der Waals surface area contributed by atoms with Gasteiger partial charge in [0, 0.05) is 12.0 Å². The van der Waals surface area contributed by atoms with Crippen LogP contribution in [0.2, 0.25) is 0 Å². The quantitative estimate of drug-likeness (QED) is 0.877. The van der Waals surface area contributed by atoms with Crippen LogP contribution >= 0.6 is 0 Å². The van der Waals surface area contributed by atoms with E-state index in [2.05, 4.69) is 9.97 Å². The highest BCUT2D eigenvalue weighted by Crippen LogP contribution is 2.43. The number of hydrogen-bond donors (Lipinski definition) is 1. The minimum atomic E-state index is -2.94. The summed E-state index contributed by atoms with van der Waals surface area (Å²) < 4.78 is 34.9. The van der Waals surface area contributed by atoms with Crippen molar-refractivity contribution in [3.63, 3.8) is 0 Å². The number of aromatic hydroxyl groups is 1. The van der Waals surface area contributed by atoms with Crippen molar-refractivity contribution in [2.24, 2.45) is 0 Å². The zero-order valence-corrected chi connectivity index (χ0v) is 14.1. The Bertz CT molecular complexity index is 912. The largest absolute Gasteiger partial charge is 0.493 e. The molecule has 4 rings (SSSR count). The Kier molecular flexibility index (Phi) is 3.52. The summed E-state index contributed by atoms with van der Waals surface area (Å²) in [7, 11) is -2.94. The van der Waals surface area contributed by atoms with Crippen LogP contribution in [0.25, 0.3) is 10.9 Å². The molecule has 0 aliphatic carbocycles. The van der Waals surface area contributed by atoms with E-state index < -0.39 is 9.84 Å². The standard InChI is InChI=1S/C16H18N2O5S/c1-9-17-14-11-2-5-22-15(11)13(8-12(14)16(19)18-9)23-10-3-6-24(20,21)7-4-10/h8,10H,2-7H2,1H3,(H,17,18,19). The maximum Gasteiger partial charge on any atom is 0.222 e. The van der Waals surface area contributed by atoms with Crippen molar-refractivity contribution in [3.05, 3.63) is 17.5 Å². The van der Waals surface area contributed by atoms with E-state index in [0.717, 1.165) is 5.56 Å². The molecule has 1 fully saturated rings. The van der Waals surface area contributed by atoms with Gasteiger partial charge < -0.3 is 14.6 Å². The van der Waals surface area contributed by atoms with Crippen molar-refractivity contribution >= 4 is 20.7 Å². The third-order valence-electron chi connectivity index (χ3n) is 4.49. The maximum absolute atomic E-state index is 11.6. The van der Waals surface area contributed by atoms with Gasteiger partial charge in [-0.25, -0.2) is 13.4 Å². The molecule has 1 aromatic heterocycles. The van der Waals surface area contributed by atoms with Gasteiger partial charge in [0.25, 0.3) is 0 Å². The Balaban J connectivity index is 1.74. The van der Waals surface area contributed by atoms with Crippen LogP contribution in [0.5, 0.6) is 17.4 Å². The van der Waals surface area contributed by atoms with Crippen molar-refractivity contribution in [1.82, 2.24) is 9.97 Å². The highest BCUT2D eigenvalue weighted by atomic mass is 32.2. The second-order valence-electron chi connectivity index (χ2n) is 6.24. The lowest BCUT2D eigenvalue weighted by atomic mass is 10.1. The summed E-state index contributed by atoms with van der Waals surface area (Å²) in [6.45, 7) is 2.27. The minimum absolute atomic E-state index is 0.0803. The molecular formula is C16H18N2O5S. The topological polar surface area (TPSA) is 98.6 Å². The van der Waals surface area contributed by atoms with Gasteiger partial charge in [0.1, 0.15) is 11.9 Å². The van der Waals surface area contributed by atoms with Crippen molar-refractivity contribution < 1.29 is 23.0 Å². The molecule has 2 aliphatic heterocycles. The van der Waals surface area contributed by atoms with E-state index in [1.807, 2.05) is 0 Å². The van der Waals surface area contributed by atoms with E-state index in [1.165, 1.54) is 0 Å². The van der Waals surface area contributed by atoms with Gasteiger partial charge in [-0.2, -0.15) is 4.98 Å². The van der Waals surface area contributed by atoms with Crippen LogP contribution in [-0.2, 0) is 16.3 Å².